The number of nitrogens with zero attached hydrogens (tertiary/aromatic N) is 1. The Balaban J connectivity index is 2.88. The average Bonchev–Trinajstić information content (AvgIpc) is 2.35. The Labute approximate surface area is 118 Å². The zero-order valence-electron chi connectivity index (χ0n) is 11.4. The molecule has 112 valence electrons. The lowest BCUT2D eigenvalue weighted by Gasteiger charge is -2.16. The largest absolute Gasteiger partial charge is 0.396 e. The van der Waals surface area contributed by atoms with Gasteiger partial charge in [-0.25, -0.2) is 17.5 Å². The fourth-order valence-corrected chi connectivity index (χ4v) is 2.53. The van der Waals surface area contributed by atoms with Crippen molar-refractivity contribution in [3.8, 4) is 0 Å². The summed E-state index contributed by atoms with van der Waals surface area (Å²) in [5, 5.41) is 5.35. The van der Waals surface area contributed by atoms with Gasteiger partial charge in [0.2, 0.25) is 10.0 Å². The molecule has 0 saturated heterocycles. The van der Waals surface area contributed by atoms with E-state index >= 15 is 0 Å². The third-order valence-electron chi connectivity index (χ3n) is 2.56. The van der Waals surface area contributed by atoms with Gasteiger partial charge in [0, 0.05) is 27.2 Å². The lowest BCUT2D eigenvalue weighted by Crippen LogP contribution is -2.33. The van der Waals surface area contributed by atoms with Crippen LogP contribution in [0.3, 0.4) is 0 Å². The minimum atomic E-state index is -3.60. The molecule has 0 aliphatic carbocycles. The zero-order valence-corrected chi connectivity index (χ0v) is 12.2. The van der Waals surface area contributed by atoms with Crippen LogP contribution in [-0.2, 0) is 10.0 Å². The van der Waals surface area contributed by atoms with Gasteiger partial charge >= 0.3 is 6.03 Å². The molecule has 0 aromatic heterocycles. The summed E-state index contributed by atoms with van der Waals surface area (Å²) in [5.41, 5.74) is 11.4. The molecule has 0 bridgehead atoms. The number of primary amides is 1. The van der Waals surface area contributed by atoms with Crippen LogP contribution in [0.4, 0.5) is 16.2 Å². The highest BCUT2D eigenvalue weighted by Gasteiger charge is 2.21. The summed E-state index contributed by atoms with van der Waals surface area (Å²) in [6, 6.07) is 4.08. The molecular weight excluding hydrogens is 282 g/mol. The second kappa shape index (κ2) is 6.44. The second-order valence-corrected chi connectivity index (χ2v) is 6.34. The molecule has 0 spiro atoms. The van der Waals surface area contributed by atoms with Crippen molar-refractivity contribution in [1.82, 2.24) is 9.62 Å². The molecule has 0 aliphatic rings. The number of anilines is 2. The number of para-hydroxylation sites is 1. The highest BCUT2D eigenvalue weighted by molar-refractivity contribution is 7.89. The van der Waals surface area contributed by atoms with Crippen LogP contribution in [-0.4, -0.2) is 45.9 Å². The summed E-state index contributed by atoms with van der Waals surface area (Å²) < 4.78 is 25.2. The topological polar surface area (TPSA) is 131 Å². The molecule has 9 heteroatoms. The fourth-order valence-electron chi connectivity index (χ4n) is 1.50. The molecule has 0 atom stereocenters. The maximum absolute atomic E-state index is 12.1. The molecule has 1 rings (SSSR count). The number of hydrogen-bond donors (Lipinski definition) is 4. The third kappa shape index (κ3) is 3.75. The summed E-state index contributed by atoms with van der Waals surface area (Å²) in [7, 11) is -0.723. The fraction of sp³-hybridized carbons (Fsp3) is 0.364. The molecular formula is C11H19N5O3S. The highest BCUT2D eigenvalue weighted by atomic mass is 32.2. The minimum absolute atomic E-state index is 0.0374. The number of amides is 2. The van der Waals surface area contributed by atoms with Gasteiger partial charge < -0.3 is 22.1 Å². The predicted molar refractivity (Wildman–Crippen MR) is 77.8 cm³/mol. The van der Waals surface area contributed by atoms with Crippen molar-refractivity contribution in [1.29, 1.82) is 0 Å². The van der Waals surface area contributed by atoms with E-state index in [1.807, 2.05) is 0 Å². The van der Waals surface area contributed by atoms with E-state index in [0.717, 1.165) is 4.31 Å². The SMILES string of the molecule is CN(C)S(=O)(=O)c1cccc(NCCNC(N)=O)c1N. The Morgan fingerprint density at radius 1 is 1.30 bits per heavy atom. The molecule has 1 aromatic carbocycles. The number of urea groups is 1. The molecule has 0 fully saturated rings. The van der Waals surface area contributed by atoms with E-state index in [-0.39, 0.29) is 10.6 Å². The second-order valence-electron chi connectivity index (χ2n) is 4.22. The van der Waals surface area contributed by atoms with Crippen LogP contribution in [0.25, 0.3) is 0 Å². The molecule has 0 aliphatic heterocycles. The average molecular weight is 301 g/mol. The highest BCUT2D eigenvalue weighted by Crippen LogP contribution is 2.27. The third-order valence-corrected chi connectivity index (χ3v) is 4.44. The summed E-state index contributed by atoms with van der Waals surface area (Å²) in [5.74, 6) is 0. The van der Waals surface area contributed by atoms with Gasteiger partial charge in [0.15, 0.2) is 0 Å². The van der Waals surface area contributed by atoms with E-state index < -0.39 is 16.1 Å². The van der Waals surface area contributed by atoms with Crippen LogP contribution in [0, 0.1) is 0 Å². The molecule has 6 N–H and O–H groups in total. The van der Waals surface area contributed by atoms with Crippen molar-refractivity contribution in [2.24, 2.45) is 5.73 Å². The number of nitrogen functional groups attached to an aromatic ring is 1. The van der Waals surface area contributed by atoms with Gasteiger partial charge in [-0.2, -0.15) is 0 Å². The van der Waals surface area contributed by atoms with Gasteiger partial charge in [-0.3, -0.25) is 0 Å². The Morgan fingerprint density at radius 3 is 2.50 bits per heavy atom. The van der Waals surface area contributed by atoms with Crippen LogP contribution in [0.15, 0.2) is 23.1 Å². The van der Waals surface area contributed by atoms with Gasteiger partial charge in [0.25, 0.3) is 0 Å². The van der Waals surface area contributed by atoms with Crippen LogP contribution in [0.5, 0.6) is 0 Å². The summed E-state index contributed by atoms with van der Waals surface area (Å²) >= 11 is 0. The van der Waals surface area contributed by atoms with Crippen LogP contribution >= 0.6 is 0 Å². The smallest absolute Gasteiger partial charge is 0.312 e. The monoisotopic (exact) mass is 301 g/mol. The van der Waals surface area contributed by atoms with E-state index in [9.17, 15) is 13.2 Å². The van der Waals surface area contributed by atoms with Crippen molar-refractivity contribution in [2.75, 3.05) is 38.2 Å². The first-order valence-electron chi connectivity index (χ1n) is 5.85. The van der Waals surface area contributed by atoms with Crippen LogP contribution in [0.1, 0.15) is 0 Å². The van der Waals surface area contributed by atoms with Crippen molar-refractivity contribution >= 4 is 27.4 Å². The Hall–Kier alpha value is -2.00. The van der Waals surface area contributed by atoms with E-state index in [2.05, 4.69) is 10.6 Å². The van der Waals surface area contributed by atoms with Crippen molar-refractivity contribution in [3.63, 3.8) is 0 Å². The number of nitrogens with two attached hydrogens (primary N) is 2. The van der Waals surface area contributed by atoms with Gasteiger partial charge in [-0.1, -0.05) is 6.07 Å². The Morgan fingerprint density at radius 2 is 1.95 bits per heavy atom. The number of benzene rings is 1. The standard InChI is InChI=1S/C11H19N5O3S/c1-16(2)20(18,19)9-5-3-4-8(10(9)12)14-6-7-15-11(13)17/h3-5,14H,6-7,12H2,1-2H3,(H3,13,15,17). The maximum atomic E-state index is 12.1. The molecule has 2 amide bonds. The van der Waals surface area contributed by atoms with Crippen LogP contribution in [0.2, 0.25) is 0 Å². The summed E-state index contributed by atoms with van der Waals surface area (Å²) in [6.07, 6.45) is 0. The van der Waals surface area contributed by atoms with E-state index in [1.165, 1.54) is 20.2 Å². The first-order valence-corrected chi connectivity index (χ1v) is 7.29. The van der Waals surface area contributed by atoms with Crippen molar-refractivity contribution < 1.29 is 13.2 Å². The number of rotatable bonds is 6. The van der Waals surface area contributed by atoms with Crippen molar-refractivity contribution in [2.45, 2.75) is 4.90 Å². The molecule has 0 saturated carbocycles. The normalized spacial score (nSPS) is 11.3. The van der Waals surface area contributed by atoms with E-state index in [4.69, 9.17) is 11.5 Å². The van der Waals surface area contributed by atoms with Crippen molar-refractivity contribution in [3.05, 3.63) is 18.2 Å². The van der Waals surface area contributed by atoms with Crippen LogP contribution < -0.4 is 22.1 Å². The van der Waals surface area contributed by atoms with E-state index in [0.29, 0.717) is 18.8 Å². The van der Waals surface area contributed by atoms with Gasteiger partial charge in [-0.15, -0.1) is 0 Å². The van der Waals surface area contributed by atoms with E-state index in [1.54, 1.807) is 12.1 Å². The molecule has 0 unspecified atom stereocenters. The first-order chi connectivity index (χ1) is 9.26. The summed E-state index contributed by atoms with van der Waals surface area (Å²) in [6.45, 7) is 0.679. The quantitative estimate of drug-likeness (QED) is 0.419. The van der Waals surface area contributed by atoms with Gasteiger partial charge in [0.1, 0.15) is 4.90 Å². The zero-order chi connectivity index (χ0) is 15.3. The van der Waals surface area contributed by atoms with Gasteiger partial charge in [-0.05, 0) is 12.1 Å². The molecule has 1 aromatic rings. The Bertz CT molecular complexity index is 586. The molecule has 0 heterocycles. The number of nitrogens with one attached hydrogen (secondary N) is 2. The number of sulfonamides is 1. The number of carbonyl (C=O) groups excluding carboxylic acids is 1. The van der Waals surface area contributed by atoms with Gasteiger partial charge in [0.05, 0.1) is 11.4 Å². The Kier molecular flexibility index (Phi) is 5.17. The maximum Gasteiger partial charge on any atom is 0.312 e. The number of carbonyl (C=O) groups is 1. The first kappa shape index (κ1) is 16.1. The molecule has 0 radical (unpaired) electrons. The molecule has 20 heavy (non-hydrogen) atoms. The minimum Gasteiger partial charge on any atom is -0.396 e. The lowest BCUT2D eigenvalue weighted by molar-refractivity contribution is 0.249. The number of hydrogen-bond acceptors (Lipinski definition) is 5. The lowest BCUT2D eigenvalue weighted by atomic mass is 10.2. The summed E-state index contributed by atoms with van der Waals surface area (Å²) in [4.78, 5) is 10.5. The molecule has 8 nitrogen and oxygen atoms in total. The predicted octanol–water partition coefficient (Wildman–Crippen LogP) is -0.401.